The number of ether oxygens (including phenoxy) is 1. The molecule has 0 saturated heterocycles. The molecule has 0 N–H and O–H groups in total. The molecule has 2 aromatic carbocycles. The second-order valence-electron chi connectivity index (χ2n) is 4.82. The number of rotatable bonds is 6. The largest absolute Gasteiger partial charge is 0.383 e. The minimum Gasteiger partial charge on any atom is -0.383 e. The van der Waals surface area contributed by atoms with E-state index in [0.29, 0.717) is 16.9 Å². The van der Waals surface area contributed by atoms with Gasteiger partial charge < -0.3 is 4.74 Å². The van der Waals surface area contributed by atoms with Gasteiger partial charge in [-0.25, -0.2) is 8.42 Å². The van der Waals surface area contributed by atoms with E-state index in [0.717, 1.165) is 5.39 Å². The number of sulfonamides is 1. The third kappa shape index (κ3) is 3.55. The Morgan fingerprint density at radius 1 is 1.19 bits per heavy atom. The summed E-state index contributed by atoms with van der Waals surface area (Å²) in [5.74, 6) is 0. The molecular formula is C15H18ClNO3S. The first kappa shape index (κ1) is 16.2. The first-order valence-electron chi connectivity index (χ1n) is 6.54. The Morgan fingerprint density at radius 3 is 2.57 bits per heavy atom. The zero-order valence-electron chi connectivity index (χ0n) is 12.0. The topological polar surface area (TPSA) is 46.6 Å². The molecule has 0 aromatic heterocycles. The summed E-state index contributed by atoms with van der Waals surface area (Å²) >= 11 is 6.06. The van der Waals surface area contributed by atoms with Gasteiger partial charge in [0.25, 0.3) is 0 Å². The highest BCUT2D eigenvalue weighted by atomic mass is 35.5. The highest BCUT2D eigenvalue weighted by Crippen LogP contribution is 2.25. The summed E-state index contributed by atoms with van der Waals surface area (Å²) in [7, 11) is -0.519. The number of halogens is 1. The van der Waals surface area contributed by atoms with Crippen LogP contribution in [0.3, 0.4) is 0 Å². The third-order valence-corrected chi connectivity index (χ3v) is 5.39. The molecule has 0 heterocycles. The van der Waals surface area contributed by atoms with Crippen molar-refractivity contribution >= 4 is 32.4 Å². The van der Waals surface area contributed by atoms with Crippen LogP contribution in [0.1, 0.15) is 0 Å². The van der Waals surface area contributed by atoms with Crippen LogP contribution in [-0.2, 0) is 14.8 Å². The predicted molar refractivity (Wildman–Crippen MR) is 85.3 cm³/mol. The Balaban J connectivity index is 2.38. The van der Waals surface area contributed by atoms with Crippen LogP contribution in [0.4, 0.5) is 0 Å². The van der Waals surface area contributed by atoms with Crippen LogP contribution >= 0.6 is 11.6 Å². The van der Waals surface area contributed by atoms with Crippen molar-refractivity contribution in [3.8, 4) is 0 Å². The highest BCUT2D eigenvalue weighted by Gasteiger charge is 2.24. The van der Waals surface area contributed by atoms with Crippen LogP contribution in [0.15, 0.2) is 47.4 Å². The molecule has 0 bridgehead atoms. The van der Waals surface area contributed by atoms with Gasteiger partial charge in [-0.3, -0.25) is 0 Å². The zero-order chi connectivity index (χ0) is 15.5. The lowest BCUT2D eigenvalue weighted by molar-refractivity contribution is 0.192. The minimum atomic E-state index is -3.59. The van der Waals surface area contributed by atoms with E-state index in [2.05, 4.69) is 0 Å². The molecule has 114 valence electrons. The van der Waals surface area contributed by atoms with E-state index >= 15 is 0 Å². The van der Waals surface area contributed by atoms with Crippen LogP contribution in [0.5, 0.6) is 0 Å². The molecule has 2 rings (SSSR count). The Morgan fingerprint density at radius 2 is 1.86 bits per heavy atom. The van der Waals surface area contributed by atoms with Gasteiger partial charge in [0.1, 0.15) is 0 Å². The maximum Gasteiger partial charge on any atom is 0.243 e. The first-order chi connectivity index (χ1) is 9.96. The minimum absolute atomic E-state index is 0.195. The van der Waals surface area contributed by atoms with Crippen molar-refractivity contribution in [2.75, 3.05) is 27.3 Å². The molecule has 0 aliphatic carbocycles. The molecule has 4 nitrogen and oxygen atoms in total. The molecule has 0 saturated carbocycles. The maximum absolute atomic E-state index is 12.7. The lowest BCUT2D eigenvalue weighted by atomic mass is 10.1. The Bertz CT molecular complexity index is 712. The third-order valence-electron chi connectivity index (χ3n) is 3.24. The fourth-order valence-corrected chi connectivity index (χ4v) is 4.04. The monoisotopic (exact) mass is 327 g/mol. The molecule has 21 heavy (non-hydrogen) atoms. The van der Waals surface area contributed by atoms with Crippen LogP contribution < -0.4 is 0 Å². The van der Waals surface area contributed by atoms with Gasteiger partial charge in [-0.15, -0.1) is 11.6 Å². The van der Waals surface area contributed by atoms with Gasteiger partial charge in [-0.2, -0.15) is 4.31 Å². The maximum atomic E-state index is 12.7. The van der Waals surface area contributed by atoms with Crippen LogP contribution in [-0.4, -0.2) is 45.4 Å². The van der Waals surface area contributed by atoms with Crippen LogP contribution in [0.25, 0.3) is 10.8 Å². The summed E-state index contributed by atoms with van der Waals surface area (Å²) in [6.45, 7) is 0.498. The Labute approximate surface area is 130 Å². The summed E-state index contributed by atoms with van der Waals surface area (Å²) in [6, 6.07) is 12.7. The molecule has 0 amide bonds. The van der Waals surface area contributed by atoms with E-state index in [-0.39, 0.29) is 11.9 Å². The molecule has 0 radical (unpaired) electrons. The van der Waals surface area contributed by atoms with Crippen molar-refractivity contribution < 1.29 is 13.2 Å². The van der Waals surface area contributed by atoms with E-state index < -0.39 is 10.0 Å². The summed E-state index contributed by atoms with van der Waals surface area (Å²) in [6.07, 6.45) is 0. The summed E-state index contributed by atoms with van der Waals surface area (Å²) < 4.78 is 31.6. The quantitative estimate of drug-likeness (QED) is 0.766. The summed E-state index contributed by atoms with van der Waals surface area (Å²) in [5, 5.41) is 1.22. The summed E-state index contributed by atoms with van der Waals surface area (Å²) in [4.78, 5) is 0.296. The predicted octanol–water partition coefficient (Wildman–Crippen LogP) is 2.71. The van der Waals surface area contributed by atoms with Crippen molar-refractivity contribution in [2.24, 2.45) is 0 Å². The lowest BCUT2D eigenvalue weighted by Crippen LogP contribution is -2.34. The molecule has 1 atom stereocenters. The van der Waals surface area contributed by atoms with Gasteiger partial charge in [0.2, 0.25) is 10.0 Å². The van der Waals surface area contributed by atoms with E-state index in [1.54, 1.807) is 12.1 Å². The van der Waals surface area contributed by atoms with Crippen molar-refractivity contribution in [1.82, 2.24) is 4.31 Å². The molecule has 0 aliphatic heterocycles. The number of nitrogens with zero attached hydrogens (tertiary/aromatic N) is 1. The Kier molecular flexibility index (Phi) is 5.22. The number of fused-ring (bicyclic) bond motifs is 1. The van der Waals surface area contributed by atoms with E-state index in [9.17, 15) is 8.42 Å². The van der Waals surface area contributed by atoms with E-state index in [1.807, 2.05) is 30.3 Å². The van der Waals surface area contributed by atoms with Crippen molar-refractivity contribution in [2.45, 2.75) is 10.3 Å². The smallest absolute Gasteiger partial charge is 0.243 e. The average Bonchev–Trinajstić information content (AvgIpc) is 2.46. The summed E-state index contributed by atoms with van der Waals surface area (Å²) in [5.41, 5.74) is 0. The molecule has 6 heteroatoms. The zero-order valence-corrected chi connectivity index (χ0v) is 13.6. The van der Waals surface area contributed by atoms with Gasteiger partial charge in [-0.05, 0) is 11.5 Å². The average molecular weight is 328 g/mol. The molecule has 0 spiro atoms. The van der Waals surface area contributed by atoms with Crippen LogP contribution in [0.2, 0.25) is 0 Å². The number of methoxy groups -OCH3 is 1. The second kappa shape index (κ2) is 6.75. The number of hydrogen-bond donors (Lipinski definition) is 0. The fourth-order valence-electron chi connectivity index (χ4n) is 2.20. The normalized spacial score (nSPS) is 13.7. The highest BCUT2D eigenvalue weighted by molar-refractivity contribution is 7.89. The number of alkyl halides is 1. The first-order valence-corrected chi connectivity index (χ1v) is 8.41. The molecule has 2 aromatic rings. The second-order valence-corrected chi connectivity index (χ2v) is 7.45. The van der Waals surface area contributed by atoms with Gasteiger partial charge in [0.15, 0.2) is 0 Å². The van der Waals surface area contributed by atoms with Crippen molar-refractivity contribution in [3.05, 3.63) is 42.5 Å². The van der Waals surface area contributed by atoms with Gasteiger partial charge in [0, 0.05) is 26.1 Å². The Hall–Kier alpha value is -1.14. The van der Waals surface area contributed by atoms with Crippen LogP contribution in [0, 0.1) is 0 Å². The lowest BCUT2D eigenvalue weighted by Gasteiger charge is -2.20. The van der Waals surface area contributed by atoms with Crippen molar-refractivity contribution in [1.29, 1.82) is 0 Å². The molecule has 0 aliphatic rings. The van der Waals surface area contributed by atoms with Crippen molar-refractivity contribution in [3.63, 3.8) is 0 Å². The van der Waals surface area contributed by atoms with Gasteiger partial charge >= 0.3 is 0 Å². The molecule has 0 fully saturated rings. The van der Waals surface area contributed by atoms with E-state index in [1.165, 1.54) is 18.5 Å². The molecular weight excluding hydrogens is 310 g/mol. The van der Waals surface area contributed by atoms with Gasteiger partial charge in [-0.1, -0.05) is 36.4 Å². The fraction of sp³-hybridized carbons (Fsp3) is 0.333. The molecule has 1 unspecified atom stereocenters. The van der Waals surface area contributed by atoms with Gasteiger partial charge in [0.05, 0.1) is 16.9 Å². The number of hydrogen-bond acceptors (Lipinski definition) is 3. The SMILES string of the molecule is COCC(Cl)CN(C)S(=O)(=O)c1cccc2ccccc12. The van der Waals surface area contributed by atoms with E-state index in [4.69, 9.17) is 16.3 Å². The number of benzene rings is 2. The standard InChI is InChI=1S/C15H18ClNO3S/c1-17(10-13(16)11-20-2)21(18,19)15-9-5-7-12-6-3-4-8-14(12)15/h3-9,13H,10-11H2,1-2H3.